The molecule has 0 spiro atoms. The van der Waals surface area contributed by atoms with Gasteiger partial charge in [0.25, 0.3) is 0 Å². The normalized spacial score (nSPS) is 13.4. The molecular formula is C63H45N4OPt-. The number of hydrogen-bond donors (Lipinski definition) is 0. The Morgan fingerprint density at radius 2 is 1.07 bits per heavy atom. The molecule has 0 amide bonds. The van der Waals surface area contributed by atoms with E-state index in [1.165, 1.54) is 33.4 Å². The van der Waals surface area contributed by atoms with Crippen LogP contribution in [0.25, 0.3) is 72.1 Å². The molecule has 1 N–H and O–H groups in total. The molecular weight excluding hydrogens is 1020 g/mol. The molecule has 1 aliphatic carbocycles. The standard InChI is InChI=1S/C63H44N4O.Pt/c1-42(2)66-58-33-15-16-34-59(58)67(68-66)48-24-17-23-46(40-48)63(55-30-12-9-25-51(55)52-26-10-13-31-56(52)63)47-35-36-54-53-27-11-14-32-57(53)65(60(54)41-47)61-39-45(37-38-64-61)62-49(43-19-5-3-6-20-43)28-18-29-50(62)44-21-7-4-8-22-44;/h3-39,42H,1-2H3;/q-2;/p+1. The van der Waals surface area contributed by atoms with Crippen molar-refractivity contribution >= 4 is 38.9 Å². The fraction of sp³-hybridized carbons (Fsp3) is 0.0635. The number of fused-ring (bicyclic) bond motifs is 7. The summed E-state index contributed by atoms with van der Waals surface area (Å²) < 4.78 is 2.31. The van der Waals surface area contributed by atoms with Gasteiger partial charge in [0, 0.05) is 43.9 Å². The average Bonchev–Trinajstić information content (AvgIpc) is 4.06. The molecule has 0 fully saturated rings. The second-order valence-corrected chi connectivity index (χ2v) is 18.0. The molecule has 69 heavy (non-hydrogen) atoms. The van der Waals surface area contributed by atoms with Crippen LogP contribution in [0, 0.1) is 12.1 Å². The molecule has 0 radical (unpaired) electrons. The fourth-order valence-corrected chi connectivity index (χ4v) is 11.0. The number of pyridine rings is 1. The first kappa shape index (κ1) is 42.5. The van der Waals surface area contributed by atoms with Crippen molar-refractivity contribution in [2.24, 2.45) is 0 Å². The maximum atomic E-state index is 5.20. The van der Waals surface area contributed by atoms with Crippen LogP contribution >= 0.6 is 0 Å². The Morgan fingerprint density at radius 1 is 0.493 bits per heavy atom. The third-order valence-electron chi connectivity index (χ3n) is 13.9. The molecule has 2 aromatic heterocycles. The first-order valence-corrected chi connectivity index (χ1v) is 23.4. The molecule has 0 unspecified atom stereocenters. The smallest absolute Gasteiger partial charge is 0.145 e. The van der Waals surface area contributed by atoms with E-state index in [0.717, 1.165) is 78.1 Å². The van der Waals surface area contributed by atoms with Gasteiger partial charge in [0.2, 0.25) is 0 Å². The van der Waals surface area contributed by atoms with Crippen LogP contribution in [0.5, 0.6) is 0 Å². The SMILES string of the molecule is CC(C)N1[OH+]N(c2[c-]c(C3(c4[c-]c5c(cc4)c4ccccc4n5-c4cc(-c5c(-c6ccccc6)cccc5-c5ccccc5)ccn4)c4ccccc4-c4ccccc43)ccc2)c2ccccc21.[Pt]. The van der Waals surface area contributed by atoms with E-state index in [0.29, 0.717) is 0 Å². The van der Waals surface area contributed by atoms with Gasteiger partial charge in [0.1, 0.15) is 17.2 Å². The van der Waals surface area contributed by atoms with Crippen LogP contribution in [0.15, 0.2) is 225 Å². The van der Waals surface area contributed by atoms with Crippen molar-refractivity contribution in [1.29, 1.82) is 0 Å². The zero-order valence-electron chi connectivity index (χ0n) is 38.0. The average molecular weight is 1070 g/mol. The Morgan fingerprint density at radius 3 is 1.77 bits per heavy atom. The van der Waals surface area contributed by atoms with Crippen molar-refractivity contribution in [2.45, 2.75) is 25.3 Å². The Balaban J connectivity index is 0.00000492. The number of benzene rings is 9. The minimum atomic E-state index is -0.774. The van der Waals surface area contributed by atoms with Gasteiger partial charge in [-0.1, -0.05) is 163 Å². The van der Waals surface area contributed by atoms with Gasteiger partial charge in [-0.2, -0.15) is 35.3 Å². The van der Waals surface area contributed by atoms with Gasteiger partial charge in [0.05, 0.1) is 6.04 Å². The summed E-state index contributed by atoms with van der Waals surface area (Å²) in [7, 11) is 0. The van der Waals surface area contributed by atoms with Crippen molar-refractivity contribution in [3.8, 4) is 50.3 Å². The topological polar surface area (TPSA) is 37.1 Å². The molecule has 0 saturated carbocycles. The predicted octanol–water partition coefficient (Wildman–Crippen LogP) is 15.3. The van der Waals surface area contributed by atoms with Crippen LogP contribution in [0.3, 0.4) is 0 Å². The first-order valence-electron chi connectivity index (χ1n) is 23.4. The van der Waals surface area contributed by atoms with E-state index < -0.39 is 5.41 Å². The second-order valence-electron chi connectivity index (χ2n) is 18.0. The van der Waals surface area contributed by atoms with Crippen LogP contribution in [0.4, 0.5) is 17.1 Å². The van der Waals surface area contributed by atoms with Crippen LogP contribution in [0.1, 0.15) is 36.1 Å². The molecule has 5 nitrogen and oxygen atoms in total. The van der Waals surface area contributed by atoms with Crippen molar-refractivity contribution < 1.29 is 26.0 Å². The number of rotatable bonds is 8. The number of anilines is 3. The van der Waals surface area contributed by atoms with Gasteiger partial charge >= 0.3 is 0 Å². The second kappa shape index (κ2) is 17.1. The summed E-state index contributed by atoms with van der Waals surface area (Å²) >= 11 is 0. The molecule has 3 heterocycles. The van der Waals surface area contributed by atoms with Gasteiger partial charge in [-0.25, -0.2) is 4.98 Å². The summed E-state index contributed by atoms with van der Waals surface area (Å²) in [5, 5.41) is 6.39. The van der Waals surface area contributed by atoms with E-state index in [1.54, 1.807) is 0 Å². The molecule has 6 heteroatoms. The van der Waals surface area contributed by atoms with Crippen LogP contribution in [-0.4, -0.2) is 20.5 Å². The van der Waals surface area contributed by atoms with E-state index in [2.05, 4.69) is 254 Å². The summed E-state index contributed by atoms with van der Waals surface area (Å²) in [5.74, 6) is 0.822. The molecule has 11 aromatic rings. The third-order valence-corrected chi connectivity index (χ3v) is 13.9. The summed E-state index contributed by atoms with van der Waals surface area (Å²) in [6.45, 7) is 4.35. The Bertz CT molecular complexity index is 3630. The minimum Gasteiger partial charge on any atom is -0.319 e. The van der Waals surface area contributed by atoms with E-state index in [-0.39, 0.29) is 27.1 Å². The van der Waals surface area contributed by atoms with Gasteiger partial charge in [-0.15, -0.1) is 38.8 Å². The molecule has 0 saturated heterocycles. The Hall–Kier alpha value is -7.82. The van der Waals surface area contributed by atoms with E-state index in [4.69, 9.17) is 9.92 Å². The molecule has 9 aromatic carbocycles. The monoisotopic (exact) mass is 1070 g/mol. The zero-order chi connectivity index (χ0) is 45.3. The molecule has 2 aliphatic rings. The number of para-hydroxylation sites is 3. The van der Waals surface area contributed by atoms with E-state index >= 15 is 0 Å². The molecule has 13 rings (SSSR count). The Kier molecular flexibility index (Phi) is 10.5. The maximum Gasteiger partial charge on any atom is 0.145 e. The minimum absolute atomic E-state index is 0. The first-order chi connectivity index (χ1) is 33.6. The summed E-state index contributed by atoms with van der Waals surface area (Å²) in [6.07, 6.45) is 1.96. The van der Waals surface area contributed by atoms with Gasteiger partial charge in [-0.3, -0.25) is 0 Å². The Labute approximate surface area is 416 Å². The van der Waals surface area contributed by atoms with Gasteiger partial charge < -0.3 is 4.57 Å². The van der Waals surface area contributed by atoms with Crippen molar-refractivity contribution in [3.63, 3.8) is 0 Å². The summed E-state index contributed by atoms with van der Waals surface area (Å²) in [5.41, 5.74) is 18.0. The van der Waals surface area contributed by atoms with Gasteiger partial charge in [0.15, 0.2) is 0 Å². The van der Waals surface area contributed by atoms with E-state index in [9.17, 15) is 0 Å². The number of aromatic nitrogens is 2. The number of hydrogen-bond acceptors (Lipinski definition) is 3. The van der Waals surface area contributed by atoms with Gasteiger partial charge in [-0.05, 0) is 105 Å². The summed E-state index contributed by atoms with van der Waals surface area (Å²) in [4.78, 5) is 10.4. The molecule has 0 atom stereocenters. The largest absolute Gasteiger partial charge is 0.319 e. The van der Waals surface area contributed by atoms with Crippen molar-refractivity contribution in [2.75, 3.05) is 10.1 Å². The van der Waals surface area contributed by atoms with Crippen LogP contribution in [-0.2, 0) is 26.5 Å². The predicted molar refractivity (Wildman–Crippen MR) is 278 cm³/mol. The van der Waals surface area contributed by atoms with Crippen LogP contribution < -0.4 is 10.1 Å². The van der Waals surface area contributed by atoms with Crippen molar-refractivity contribution in [1.82, 2.24) is 9.55 Å². The number of nitrogens with zero attached hydrogens (tertiary/aromatic N) is 4. The summed E-state index contributed by atoms with van der Waals surface area (Å²) in [6, 6.07) is 86.7. The van der Waals surface area contributed by atoms with E-state index in [1.807, 2.05) is 11.3 Å². The van der Waals surface area contributed by atoms with Crippen molar-refractivity contribution in [3.05, 3.63) is 259 Å². The number of hydroxylamine groups is 1. The van der Waals surface area contributed by atoms with Crippen LogP contribution in [0.2, 0.25) is 0 Å². The molecule has 334 valence electrons. The quantitative estimate of drug-likeness (QED) is 0.112. The maximum absolute atomic E-state index is 5.20. The zero-order valence-corrected chi connectivity index (χ0v) is 40.3. The molecule has 1 aliphatic heterocycles. The molecule has 0 bridgehead atoms. The third kappa shape index (κ3) is 6.64. The fourth-order valence-electron chi connectivity index (χ4n) is 11.0.